The molecule has 2 rings (SSSR count). The minimum absolute atomic E-state index is 0.0988. The van der Waals surface area contributed by atoms with Crippen molar-refractivity contribution in [2.24, 2.45) is 5.92 Å². The molecular weight excluding hydrogens is 384 g/mol. The van der Waals surface area contributed by atoms with Gasteiger partial charge in [0, 0.05) is 12.1 Å². The van der Waals surface area contributed by atoms with Gasteiger partial charge in [-0.05, 0) is 54.8 Å². The lowest BCUT2D eigenvalue weighted by Gasteiger charge is -2.22. The summed E-state index contributed by atoms with van der Waals surface area (Å²) in [5.41, 5.74) is 1.72. The van der Waals surface area contributed by atoms with Crippen molar-refractivity contribution in [3.63, 3.8) is 0 Å². The van der Waals surface area contributed by atoms with E-state index in [2.05, 4.69) is 15.4 Å². The monoisotopic (exact) mass is 412 g/mol. The summed E-state index contributed by atoms with van der Waals surface area (Å²) in [5.74, 6) is -0.429. The fourth-order valence-electron chi connectivity index (χ4n) is 2.80. The van der Waals surface area contributed by atoms with Crippen LogP contribution in [0.15, 0.2) is 48.5 Å². The first kappa shape index (κ1) is 22.9. The smallest absolute Gasteiger partial charge is 0.337 e. The lowest BCUT2D eigenvalue weighted by Crippen LogP contribution is -2.49. The largest absolute Gasteiger partial charge is 0.494 e. The molecule has 0 aliphatic heterocycles. The van der Waals surface area contributed by atoms with E-state index in [1.54, 1.807) is 48.5 Å². The molecule has 7 nitrogen and oxygen atoms in total. The van der Waals surface area contributed by atoms with Crippen LogP contribution in [0.4, 0.5) is 0 Å². The minimum Gasteiger partial charge on any atom is -0.494 e. The van der Waals surface area contributed by atoms with Crippen LogP contribution in [-0.4, -0.2) is 37.5 Å². The maximum absolute atomic E-state index is 12.7. The Hall–Kier alpha value is -3.35. The van der Waals surface area contributed by atoms with Crippen LogP contribution >= 0.6 is 0 Å². The van der Waals surface area contributed by atoms with Gasteiger partial charge in [-0.15, -0.1) is 0 Å². The van der Waals surface area contributed by atoms with Gasteiger partial charge in [0.1, 0.15) is 11.8 Å². The molecule has 0 radical (unpaired) electrons. The summed E-state index contributed by atoms with van der Waals surface area (Å²) in [6.07, 6.45) is 0. The van der Waals surface area contributed by atoms with E-state index in [9.17, 15) is 14.4 Å². The Bertz CT molecular complexity index is 860. The van der Waals surface area contributed by atoms with Crippen molar-refractivity contribution in [2.45, 2.75) is 33.4 Å². The number of methoxy groups -OCH3 is 1. The molecule has 1 atom stereocenters. The van der Waals surface area contributed by atoms with Gasteiger partial charge >= 0.3 is 5.97 Å². The van der Waals surface area contributed by atoms with Gasteiger partial charge in [0.05, 0.1) is 19.3 Å². The Labute approximate surface area is 176 Å². The van der Waals surface area contributed by atoms with Gasteiger partial charge in [0.25, 0.3) is 5.91 Å². The van der Waals surface area contributed by atoms with Crippen LogP contribution in [0.3, 0.4) is 0 Å². The number of hydrogen-bond donors (Lipinski definition) is 2. The first-order valence-corrected chi connectivity index (χ1v) is 9.84. The molecular formula is C23H28N2O5. The third-order valence-electron chi connectivity index (χ3n) is 4.51. The highest BCUT2D eigenvalue weighted by Crippen LogP contribution is 2.13. The number of carbonyl (C=O) groups excluding carboxylic acids is 3. The molecule has 2 aromatic carbocycles. The quantitative estimate of drug-likeness (QED) is 0.618. The van der Waals surface area contributed by atoms with Gasteiger partial charge in [-0.25, -0.2) is 4.79 Å². The Morgan fingerprint density at radius 1 is 0.933 bits per heavy atom. The van der Waals surface area contributed by atoms with E-state index in [4.69, 9.17) is 4.74 Å². The average Bonchev–Trinajstić information content (AvgIpc) is 2.76. The Morgan fingerprint density at radius 2 is 1.53 bits per heavy atom. The maximum atomic E-state index is 12.7. The highest BCUT2D eigenvalue weighted by atomic mass is 16.5. The highest BCUT2D eigenvalue weighted by Gasteiger charge is 2.24. The highest BCUT2D eigenvalue weighted by molar-refractivity contribution is 5.97. The van der Waals surface area contributed by atoms with Gasteiger partial charge in [-0.1, -0.05) is 26.0 Å². The zero-order valence-corrected chi connectivity index (χ0v) is 17.7. The standard InChI is InChI=1S/C23H28N2O5/c1-5-30-19-12-10-17(11-13-19)21(26)25-20(15(2)3)22(27)24-14-16-6-8-18(9-7-16)23(28)29-4/h6-13,15,20H,5,14H2,1-4H3,(H,24,27)(H,25,26). The predicted molar refractivity (Wildman–Crippen MR) is 113 cm³/mol. The van der Waals surface area contributed by atoms with Gasteiger partial charge < -0.3 is 20.1 Å². The predicted octanol–water partition coefficient (Wildman–Crippen LogP) is 2.94. The summed E-state index contributed by atoms with van der Waals surface area (Å²) in [7, 11) is 1.32. The second kappa shape index (κ2) is 11.0. The molecule has 0 aliphatic carbocycles. The van der Waals surface area contributed by atoms with Crippen LogP contribution in [0.25, 0.3) is 0 Å². The van der Waals surface area contributed by atoms with Gasteiger partial charge in [-0.3, -0.25) is 9.59 Å². The zero-order valence-electron chi connectivity index (χ0n) is 17.7. The summed E-state index contributed by atoms with van der Waals surface area (Å²) >= 11 is 0. The van der Waals surface area contributed by atoms with E-state index in [1.165, 1.54) is 7.11 Å². The molecule has 1 unspecified atom stereocenters. The maximum Gasteiger partial charge on any atom is 0.337 e. The van der Waals surface area contributed by atoms with Gasteiger partial charge in [0.15, 0.2) is 0 Å². The van der Waals surface area contributed by atoms with Crippen molar-refractivity contribution >= 4 is 17.8 Å². The van der Waals surface area contributed by atoms with Gasteiger partial charge in [0.2, 0.25) is 5.91 Å². The number of nitrogens with one attached hydrogen (secondary N) is 2. The molecule has 0 saturated heterocycles. The second-order valence-corrected chi connectivity index (χ2v) is 7.06. The number of amides is 2. The van der Waals surface area contributed by atoms with E-state index in [0.717, 1.165) is 5.56 Å². The van der Waals surface area contributed by atoms with E-state index < -0.39 is 12.0 Å². The molecule has 0 spiro atoms. The van der Waals surface area contributed by atoms with Crippen molar-refractivity contribution in [1.29, 1.82) is 0 Å². The number of rotatable bonds is 9. The molecule has 160 valence electrons. The summed E-state index contributed by atoms with van der Waals surface area (Å²) in [4.78, 5) is 36.7. The first-order chi connectivity index (χ1) is 14.3. The number of carbonyl (C=O) groups is 3. The number of benzene rings is 2. The number of ether oxygens (including phenoxy) is 2. The molecule has 0 aromatic heterocycles. The molecule has 0 saturated carbocycles. The van der Waals surface area contributed by atoms with Crippen molar-refractivity contribution < 1.29 is 23.9 Å². The lowest BCUT2D eigenvalue weighted by molar-refractivity contribution is -0.124. The molecule has 0 fully saturated rings. The van der Waals surface area contributed by atoms with Crippen molar-refractivity contribution in [3.8, 4) is 5.75 Å². The summed E-state index contributed by atoms with van der Waals surface area (Å²) < 4.78 is 10.0. The van der Waals surface area contributed by atoms with Crippen LogP contribution in [0.1, 0.15) is 47.1 Å². The summed E-state index contributed by atoms with van der Waals surface area (Å²) in [6.45, 7) is 6.46. The average molecular weight is 412 g/mol. The Kier molecular flexibility index (Phi) is 8.41. The third kappa shape index (κ3) is 6.34. The fourth-order valence-corrected chi connectivity index (χ4v) is 2.80. The molecule has 0 aliphatic rings. The molecule has 0 bridgehead atoms. The SMILES string of the molecule is CCOc1ccc(C(=O)NC(C(=O)NCc2ccc(C(=O)OC)cc2)C(C)C)cc1. The summed E-state index contributed by atoms with van der Waals surface area (Å²) in [5, 5.41) is 5.63. The number of hydrogen-bond acceptors (Lipinski definition) is 5. The molecule has 2 N–H and O–H groups in total. The van der Waals surface area contributed by atoms with Crippen LogP contribution in [0.5, 0.6) is 5.75 Å². The van der Waals surface area contributed by atoms with E-state index in [0.29, 0.717) is 23.5 Å². The van der Waals surface area contributed by atoms with E-state index in [-0.39, 0.29) is 24.3 Å². The normalized spacial score (nSPS) is 11.5. The number of esters is 1. The Morgan fingerprint density at radius 3 is 2.07 bits per heavy atom. The van der Waals surface area contributed by atoms with Crippen LogP contribution < -0.4 is 15.4 Å². The molecule has 2 amide bonds. The Balaban J connectivity index is 1.97. The van der Waals surface area contributed by atoms with Crippen LogP contribution in [0.2, 0.25) is 0 Å². The van der Waals surface area contributed by atoms with Crippen LogP contribution in [-0.2, 0) is 16.1 Å². The summed E-state index contributed by atoms with van der Waals surface area (Å²) in [6, 6.07) is 12.9. The minimum atomic E-state index is -0.682. The second-order valence-electron chi connectivity index (χ2n) is 7.06. The molecule has 30 heavy (non-hydrogen) atoms. The molecule has 7 heteroatoms. The molecule has 2 aromatic rings. The third-order valence-corrected chi connectivity index (χ3v) is 4.51. The van der Waals surface area contributed by atoms with Crippen LogP contribution in [0, 0.1) is 5.92 Å². The van der Waals surface area contributed by atoms with Crippen molar-refractivity contribution in [1.82, 2.24) is 10.6 Å². The zero-order chi connectivity index (χ0) is 22.1. The fraction of sp³-hybridized carbons (Fsp3) is 0.348. The first-order valence-electron chi connectivity index (χ1n) is 9.84. The van der Waals surface area contributed by atoms with E-state index >= 15 is 0 Å². The van der Waals surface area contributed by atoms with E-state index in [1.807, 2.05) is 20.8 Å². The van der Waals surface area contributed by atoms with Crippen molar-refractivity contribution in [3.05, 3.63) is 65.2 Å². The molecule has 0 heterocycles. The van der Waals surface area contributed by atoms with Gasteiger partial charge in [-0.2, -0.15) is 0 Å². The lowest BCUT2D eigenvalue weighted by atomic mass is 10.0. The topological polar surface area (TPSA) is 93.7 Å². The van der Waals surface area contributed by atoms with Crippen molar-refractivity contribution in [2.75, 3.05) is 13.7 Å².